The number of anilines is 1. The molecule has 0 atom stereocenters. The summed E-state index contributed by atoms with van der Waals surface area (Å²) in [6.45, 7) is -0.463. The van der Waals surface area contributed by atoms with Crippen molar-refractivity contribution in [3.63, 3.8) is 0 Å². The fourth-order valence-electron chi connectivity index (χ4n) is 2.10. The number of aliphatic carboxylic acids is 1. The third kappa shape index (κ3) is 4.97. The number of ether oxygens (including phenoxy) is 2. The van der Waals surface area contributed by atoms with E-state index in [-0.39, 0.29) is 11.5 Å². The first kappa shape index (κ1) is 18.8. The van der Waals surface area contributed by atoms with Crippen LogP contribution in [0, 0.1) is 0 Å². The van der Waals surface area contributed by atoms with E-state index in [1.807, 2.05) is 0 Å². The van der Waals surface area contributed by atoms with Crippen LogP contribution < -0.4 is 20.1 Å². The summed E-state index contributed by atoms with van der Waals surface area (Å²) in [5.41, 5.74) is 1.11. The van der Waals surface area contributed by atoms with Crippen LogP contribution in [0.15, 0.2) is 42.5 Å². The lowest BCUT2D eigenvalue weighted by atomic mass is 10.1. The van der Waals surface area contributed by atoms with Gasteiger partial charge in [-0.05, 0) is 36.4 Å². The normalized spacial score (nSPS) is 9.92. The number of carbonyl (C=O) groups excluding carboxylic acids is 2. The van der Waals surface area contributed by atoms with Gasteiger partial charge in [-0.2, -0.15) is 0 Å². The Bertz CT molecular complexity index is 795. The summed E-state index contributed by atoms with van der Waals surface area (Å²) in [4.78, 5) is 34.6. The number of carboxylic acids is 1. The molecule has 2 rings (SSSR count). The highest BCUT2D eigenvalue weighted by Gasteiger charge is 2.11. The Hall–Kier alpha value is -3.55. The monoisotopic (exact) mass is 358 g/mol. The number of rotatable bonds is 7. The Kier molecular flexibility index (Phi) is 6.15. The Balaban J connectivity index is 2.08. The molecule has 2 aromatic rings. The van der Waals surface area contributed by atoms with Crippen molar-refractivity contribution in [2.75, 3.05) is 26.1 Å². The van der Waals surface area contributed by atoms with Gasteiger partial charge in [0.2, 0.25) is 0 Å². The standard InChI is InChI=1S/C18H18N2O6/c1-25-14-7-12(8-15(9-14)26-2)18(24)20-13-5-3-11(4-6-13)17(23)19-10-16(21)22/h3-9H,10H2,1-2H3,(H,19,23)(H,20,24)(H,21,22). The summed E-state index contributed by atoms with van der Waals surface area (Å²) in [6.07, 6.45) is 0. The smallest absolute Gasteiger partial charge is 0.322 e. The van der Waals surface area contributed by atoms with Crippen molar-refractivity contribution in [3.05, 3.63) is 53.6 Å². The Labute approximate surface area is 149 Å². The highest BCUT2D eigenvalue weighted by atomic mass is 16.5. The minimum absolute atomic E-state index is 0.285. The van der Waals surface area contributed by atoms with Crippen molar-refractivity contribution in [2.24, 2.45) is 0 Å². The average molecular weight is 358 g/mol. The van der Waals surface area contributed by atoms with Crippen LogP contribution in [0.25, 0.3) is 0 Å². The maximum Gasteiger partial charge on any atom is 0.322 e. The molecule has 0 unspecified atom stereocenters. The number of carbonyl (C=O) groups is 3. The van der Waals surface area contributed by atoms with E-state index < -0.39 is 18.4 Å². The number of carboxylic acid groups (broad SMARTS) is 1. The van der Waals surface area contributed by atoms with Crippen molar-refractivity contribution in [3.8, 4) is 11.5 Å². The highest BCUT2D eigenvalue weighted by Crippen LogP contribution is 2.23. The molecule has 136 valence electrons. The zero-order valence-electron chi connectivity index (χ0n) is 14.2. The minimum Gasteiger partial charge on any atom is -0.497 e. The van der Waals surface area contributed by atoms with Gasteiger partial charge in [0.25, 0.3) is 11.8 Å². The van der Waals surface area contributed by atoms with Crippen LogP contribution in [-0.2, 0) is 4.79 Å². The number of methoxy groups -OCH3 is 2. The minimum atomic E-state index is -1.13. The molecular formula is C18H18N2O6. The summed E-state index contributed by atoms with van der Waals surface area (Å²) >= 11 is 0. The van der Waals surface area contributed by atoms with Gasteiger partial charge >= 0.3 is 5.97 Å². The molecule has 0 saturated carbocycles. The predicted octanol–water partition coefficient (Wildman–Crippen LogP) is 1.77. The van der Waals surface area contributed by atoms with Gasteiger partial charge in [-0.1, -0.05) is 0 Å². The van der Waals surface area contributed by atoms with E-state index >= 15 is 0 Å². The van der Waals surface area contributed by atoms with Crippen molar-refractivity contribution in [1.29, 1.82) is 0 Å². The van der Waals surface area contributed by atoms with Crippen LogP contribution >= 0.6 is 0 Å². The second kappa shape index (κ2) is 8.52. The fraction of sp³-hybridized carbons (Fsp3) is 0.167. The number of hydrogen-bond donors (Lipinski definition) is 3. The summed E-state index contributed by atoms with van der Waals surface area (Å²) in [5.74, 6) is -1.04. The lowest BCUT2D eigenvalue weighted by Gasteiger charge is -2.10. The Morgan fingerprint density at radius 1 is 0.885 bits per heavy atom. The molecule has 0 spiro atoms. The van der Waals surface area contributed by atoms with Gasteiger partial charge in [0, 0.05) is 22.9 Å². The molecule has 0 aromatic heterocycles. The van der Waals surface area contributed by atoms with Crippen LogP contribution in [0.1, 0.15) is 20.7 Å². The van der Waals surface area contributed by atoms with Gasteiger partial charge in [0.05, 0.1) is 14.2 Å². The van der Waals surface area contributed by atoms with Crippen LogP contribution in [0.5, 0.6) is 11.5 Å². The first-order chi connectivity index (χ1) is 12.4. The van der Waals surface area contributed by atoms with Gasteiger partial charge in [-0.25, -0.2) is 0 Å². The molecule has 2 aromatic carbocycles. The van der Waals surface area contributed by atoms with Crippen LogP contribution in [0.4, 0.5) is 5.69 Å². The van der Waals surface area contributed by atoms with Crippen LogP contribution in [-0.4, -0.2) is 43.7 Å². The molecular weight excluding hydrogens is 340 g/mol. The zero-order chi connectivity index (χ0) is 19.1. The molecule has 8 heteroatoms. The molecule has 2 amide bonds. The molecule has 0 aliphatic rings. The van der Waals surface area contributed by atoms with Gasteiger partial charge in [-0.15, -0.1) is 0 Å². The summed E-state index contributed by atoms with van der Waals surface area (Å²) in [5, 5.41) is 13.5. The molecule has 0 fully saturated rings. The van der Waals surface area contributed by atoms with E-state index in [0.29, 0.717) is 22.7 Å². The number of nitrogens with one attached hydrogen (secondary N) is 2. The topological polar surface area (TPSA) is 114 Å². The van der Waals surface area contributed by atoms with E-state index in [1.165, 1.54) is 26.4 Å². The third-order valence-corrected chi connectivity index (χ3v) is 3.42. The molecule has 0 bridgehead atoms. The lowest BCUT2D eigenvalue weighted by Crippen LogP contribution is -2.29. The van der Waals surface area contributed by atoms with Crippen molar-refractivity contribution in [1.82, 2.24) is 5.32 Å². The second-order valence-corrected chi connectivity index (χ2v) is 5.21. The van der Waals surface area contributed by atoms with Crippen molar-refractivity contribution in [2.45, 2.75) is 0 Å². The molecule has 0 radical (unpaired) electrons. The molecule has 0 heterocycles. The maximum absolute atomic E-state index is 12.4. The molecule has 8 nitrogen and oxygen atoms in total. The highest BCUT2D eigenvalue weighted by molar-refractivity contribution is 6.05. The van der Waals surface area contributed by atoms with E-state index in [4.69, 9.17) is 14.6 Å². The Morgan fingerprint density at radius 2 is 1.46 bits per heavy atom. The third-order valence-electron chi connectivity index (χ3n) is 3.42. The fourth-order valence-corrected chi connectivity index (χ4v) is 2.10. The van der Waals surface area contributed by atoms with E-state index in [9.17, 15) is 14.4 Å². The van der Waals surface area contributed by atoms with Gasteiger partial charge < -0.3 is 25.2 Å². The van der Waals surface area contributed by atoms with E-state index in [0.717, 1.165) is 0 Å². The first-order valence-electron chi connectivity index (χ1n) is 7.57. The first-order valence-corrected chi connectivity index (χ1v) is 7.57. The number of benzene rings is 2. The van der Waals surface area contributed by atoms with Gasteiger partial charge in [-0.3, -0.25) is 14.4 Å². The Morgan fingerprint density at radius 3 is 1.96 bits per heavy atom. The zero-order valence-corrected chi connectivity index (χ0v) is 14.2. The molecule has 26 heavy (non-hydrogen) atoms. The molecule has 3 N–H and O–H groups in total. The van der Waals surface area contributed by atoms with Gasteiger partial charge in [0.15, 0.2) is 0 Å². The predicted molar refractivity (Wildman–Crippen MR) is 93.9 cm³/mol. The number of amides is 2. The average Bonchev–Trinajstić information content (AvgIpc) is 2.66. The summed E-state index contributed by atoms with van der Waals surface area (Å²) < 4.78 is 10.3. The second-order valence-electron chi connectivity index (χ2n) is 5.21. The maximum atomic E-state index is 12.4. The SMILES string of the molecule is COc1cc(OC)cc(C(=O)Nc2ccc(C(=O)NCC(=O)O)cc2)c1. The summed E-state index contributed by atoms with van der Waals surface area (Å²) in [7, 11) is 2.98. The van der Waals surface area contributed by atoms with E-state index in [2.05, 4.69) is 10.6 Å². The quantitative estimate of drug-likeness (QED) is 0.695. The lowest BCUT2D eigenvalue weighted by molar-refractivity contribution is -0.135. The van der Waals surface area contributed by atoms with Gasteiger partial charge in [0.1, 0.15) is 18.0 Å². The largest absolute Gasteiger partial charge is 0.497 e. The van der Waals surface area contributed by atoms with E-state index in [1.54, 1.807) is 30.3 Å². The van der Waals surface area contributed by atoms with Crippen molar-refractivity contribution >= 4 is 23.5 Å². The van der Waals surface area contributed by atoms with Crippen molar-refractivity contribution < 1.29 is 29.0 Å². The molecule has 0 aliphatic carbocycles. The number of hydrogen-bond acceptors (Lipinski definition) is 5. The van der Waals surface area contributed by atoms with Crippen LogP contribution in [0.3, 0.4) is 0 Å². The van der Waals surface area contributed by atoms with Crippen LogP contribution in [0.2, 0.25) is 0 Å². The molecule has 0 aliphatic heterocycles. The summed E-state index contributed by atoms with van der Waals surface area (Å²) in [6, 6.07) is 10.9. The molecule has 0 saturated heterocycles.